The van der Waals surface area contributed by atoms with Crippen LogP contribution >= 0.6 is 12.4 Å². The molecule has 0 saturated carbocycles. The summed E-state index contributed by atoms with van der Waals surface area (Å²) in [5.74, 6) is -0.741. The van der Waals surface area contributed by atoms with Crippen LogP contribution in [0.2, 0.25) is 0 Å². The van der Waals surface area contributed by atoms with Crippen LogP contribution in [0.3, 0.4) is 0 Å². The van der Waals surface area contributed by atoms with Gasteiger partial charge in [-0.05, 0) is 42.4 Å². The molecule has 1 aliphatic heterocycles. The van der Waals surface area contributed by atoms with E-state index in [-0.39, 0.29) is 36.7 Å². The van der Waals surface area contributed by atoms with Gasteiger partial charge in [-0.1, -0.05) is 54.6 Å². The molecule has 7 nitrogen and oxygen atoms in total. The molecule has 0 bridgehead atoms. The summed E-state index contributed by atoms with van der Waals surface area (Å²) in [6.45, 7) is 3.58. The Balaban J connectivity index is 0.00000324. The summed E-state index contributed by atoms with van der Waals surface area (Å²) in [7, 11) is 1.68. The third kappa shape index (κ3) is 4.90. The van der Waals surface area contributed by atoms with Crippen molar-refractivity contribution in [3.05, 3.63) is 72.3 Å². The van der Waals surface area contributed by atoms with Gasteiger partial charge in [0.2, 0.25) is 11.8 Å². The highest BCUT2D eigenvalue weighted by Gasteiger charge is 2.36. The summed E-state index contributed by atoms with van der Waals surface area (Å²) in [4.78, 5) is 42.2. The Morgan fingerprint density at radius 3 is 2.35 bits per heavy atom. The summed E-state index contributed by atoms with van der Waals surface area (Å²) < 4.78 is 0. The topological polar surface area (TPSA) is 81.8 Å². The van der Waals surface area contributed by atoms with Crippen LogP contribution in [0, 0.1) is 0 Å². The van der Waals surface area contributed by atoms with E-state index in [1.54, 1.807) is 23.8 Å². The Labute approximate surface area is 205 Å². The van der Waals surface area contributed by atoms with Crippen molar-refractivity contribution < 1.29 is 14.4 Å². The van der Waals surface area contributed by atoms with Crippen molar-refractivity contribution in [2.45, 2.75) is 32.5 Å². The first-order valence-electron chi connectivity index (χ1n) is 11.0. The molecule has 8 heteroatoms. The zero-order valence-electron chi connectivity index (χ0n) is 19.4. The maximum Gasteiger partial charge on any atom is 0.251 e. The maximum absolute atomic E-state index is 13.8. The number of rotatable bonds is 5. The van der Waals surface area contributed by atoms with Gasteiger partial charge < -0.3 is 20.4 Å². The first-order valence-corrected chi connectivity index (χ1v) is 11.0. The predicted octanol–water partition coefficient (Wildman–Crippen LogP) is 3.25. The largest absolute Gasteiger partial charge is 0.341 e. The van der Waals surface area contributed by atoms with Gasteiger partial charge in [0.05, 0.1) is 30.5 Å². The number of nitrogens with one attached hydrogen (secondary N) is 2. The van der Waals surface area contributed by atoms with E-state index in [0.717, 1.165) is 16.3 Å². The standard InChI is InChI=1S/C26H28N4O3.ClH/c1-17(27-3)25(32)28-22-16-29(18(2)31)23-13-6-7-14-24(23)30(26(22)33)15-20-11-8-10-19-9-4-5-12-21(19)20;/h4-14,17,22,27H,15-16H2,1-3H3,(H,28,32);1H/t17-,22-;/m0./s1. The van der Waals surface area contributed by atoms with E-state index in [1.165, 1.54) is 6.92 Å². The molecule has 0 aliphatic carbocycles. The number of hydrogen-bond acceptors (Lipinski definition) is 4. The molecule has 0 unspecified atom stereocenters. The average Bonchev–Trinajstić information content (AvgIpc) is 2.94. The highest BCUT2D eigenvalue weighted by atomic mass is 35.5. The van der Waals surface area contributed by atoms with Gasteiger partial charge in [-0.15, -0.1) is 12.4 Å². The van der Waals surface area contributed by atoms with Gasteiger partial charge in [0, 0.05) is 6.92 Å². The Hall–Kier alpha value is -3.42. The Bertz CT molecular complexity index is 1210. The van der Waals surface area contributed by atoms with Gasteiger partial charge in [-0.3, -0.25) is 14.4 Å². The lowest BCUT2D eigenvalue weighted by molar-refractivity contribution is -0.128. The minimum absolute atomic E-state index is 0. The number of anilines is 2. The summed E-state index contributed by atoms with van der Waals surface area (Å²) in [6, 6.07) is 20.1. The van der Waals surface area contributed by atoms with Crippen molar-refractivity contribution in [3.63, 3.8) is 0 Å². The number of para-hydroxylation sites is 2. The molecule has 3 aromatic carbocycles. The molecule has 0 aromatic heterocycles. The lowest BCUT2D eigenvalue weighted by atomic mass is 10.0. The molecule has 0 saturated heterocycles. The van der Waals surface area contributed by atoms with Crippen LogP contribution in [0.4, 0.5) is 11.4 Å². The van der Waals surface area contributed by atoms with Crippen LogP contribution < -0.4 is 20.4 Å². The van der Waals surface area contributed by atoms with E-state index < -0.39 is 12.1 Å². The molecule has 0 fully saturated rings. The highest BCUT2D eigenvalue weighted by molar-refractivity contribution is 6.08. The summed E-state index contributed by atoms with van der Waals surface area (Å²) >= 11 is 0. The number of benzene rings is 3. The first-order chi connectivity index (χ1) is 15.9. The molecule has 3 aromatic rings. The van der Waals surface area contributed by atoms with Gasteiger partial charge in [0.1, 0.15) is 6.04 Å². The smallest absolute Gasteiger partial charge is 0.251 e. The number of hydrogen-bond donors (Lipinski definition) is 2. The monoisotopic (exact) mass is 480 g/mol. The van der Waals surface area contributed by atoms with E-state index in [1.807, 2.05) is 66.7 Å². The fourth-order valence-electron chi connectivity index (χ4n) is 4.18. The van der Waals surface area contributed by atoms with Crippen molar-refractivity contribution in [2.75, 3.05) is 23.4 Å². The Morgan fingerprint density at radius 2 is 1.65 bits per heavy atom. The van der Waals surface area contributed by atoms with Crippen molar-refractivity contribution in [1.82, 2.24) is 10.6 Å². The molecule has 4 rings (SSSR count). The first kappa shape index (κ1) is 25.2. The van der Waals surface area contributed by atoms with Gasteiger partial charge in [-0.25, -0.2) is 0 Å². The Morgan fingerprint density at radius 1 is 1.00 bits per heavy atom. The number of amides is 3. The van der Waals surface area contributed by atoms with Gasteiger partial charge in [0.15, 0.2) is 0 Å². The Kier molecular flexibility index (Phi) is 7.91. The van der Waals surface area contributed by atoms with E-state index in [2.05, 4.69) is 10.6 Å². The number of likely N-dealkylation sites (N-methyl/N-ethyl adjacent to an activating group) is 1. The zero-order valence-corrected chi connectivity index (χ0v) is 20.3. The van der Waals surface area contributed by atoms with Gasteiger partial charge >= 0.3 is 0 Å². The molecule has 2 N–H and O–H groups in total. The normalized spacial score (nSPS) is 16.3. The molecule has 3 amide bonds. The number of carbonyl (C=O) groups excluding carboxylic acids is 3. The summed E-state index contributed by atoms with van der Waals surface area (Å²) in [5, 5.41) is 7.88. The fraction of sp³-hybridized carbons (Fsp3) is 0.269. The molecule has 178 valence electrons. The highest BCUT2D eigenvalue weighted by Crippen LogP contribution is 2.34. The molecule has 0 radical (unpaired) electrons. The van der Waals surface area contributed by atoms with Crippen LogP contribution in [0.25, 0.3) is 10.8 Å². The molecular formula is C26H29ClN4O3. The number of carbonyl (C=O) groups is 3. The number of halogens is 1. The second kappa shape index (κ2) is 10.7. The van der Waals surface area contributed by atoms with E-state index in [4.69, 9.17) is 0 Å². The van der Waals surface area contributed by atoms with Crippen molar-refractivity contribution >= 4 is 52.3 Å². The molecule has 2 atom stereocenters. The average molecular weight is 481 g/mol. The fourth-order valence-corrected chi connectivity index (χ4v) is 4.18. The molecule has 0 spiro atoms. The van der Waals surface area contributed by atoms with Crippen LogP contribution in [0.1, 0.15) is 19.4 Å². The minimum atomic E-state index is -0.875. The van der Waals surface area contributed by atoms with Gasteiger partial charge in [0.25, 0.3) is 5.91 Å². The van der Waals surface area contributed by atoms with Crippen molar-refractivity contribution in [3.8, 4) is 0 Å². The second-order valence-electron chi connectivity index (χ2n) is 8.25. The molecule has 1 aliphatic rings. The quantitative estimate of drug-likeness (QED) is 0.587. The van der Waals surface area contributed by atoms with Crippen molar-refractivity contribution in [1.29, 1.82) is 0 Å². The zero-order chi connectivity index (χ0) is 23.5. The van der Waals surface area contributed by atoms with Crippen LogP contribution in [0.15, 0.2) is 66.7 Å². The lowest BCUT2D eigenvalue weighted by Gasteiger charge is -2.26. The SMILES string of the molecule is CN[C@@H](C)C(=O)N[C@H]1CN(C(C)=O)c2ccccc2N(Cc2cccc3ccccc23)C1=O.Cl. The third-order valence-corrected chi connectivity index (χ3v) is 6.12. The van der Waals surface area contributed by atoms with E-state index >= 15 is 0 Å². The van der Waals surface area contributed by atoms with Crippen LogP contribution in [-0.4, -0.2) is 43.4 Å². The van der Waals surface area contributed by atoms with E-state index in [0.29, 0.717) is 17.9 Å². The maximum atomic E-state index is 13.8. The predicted molar refractivity (Wildman–Crippen MR) is 137 cm³/mol. The van der Waals surface area contributed by atoms with Crippen molar-refractivity contribution in [2.24, 2.45) is 0 Å². The van der Waals surface area contributed by atoms with Crippen LogP contribution in [-0.2, 0) is 20.9 Å². The third-order valence-electron chi connectivity index (χ3n) is 6.12. The summed E-state index contributed by atoms with van der Waals surface area (Å²) in [6.07, 6.45) is 0. The summed E-state index contributed by atoms with van der Waals surface area (Å²) in [5.41, 5.74) is 2.28. The van der Waals surface area contributed by atoms with Gasteiger partial charge in [-0.2, -0.15) is 0 Å². The second-order valence-corrected chi connectivity index (χ2v) is 8.25. The molecule has 1 heterocycles. The van der Waals surface area contributed by atoms with E-state index in [9.17, 15) is 14.4 Å². The lowest BCUT2D eigenvalue weighted by Crippen LogP contribution is -2.55. The number of nitrogens with zero attached hydrogens (tertiary/aromatic N) is 2. The number of fused-ring (bicyclic) bond motifs is 2. The minimum Gasteiger partial charge on any atom is -0.341 e. The molecule has 34 heavy (non-hydrogen) atoms. The molecular weight excluding hydrogens is 452 g/mol. The van der Waals surface area contributed by atoms with Crippen LogP contribution in [0.5, 0.6) is 0 Å².